The molecule has 7 nitrogen and oxygen atoms in total. The summed E-state index contributed by atoms with van der Waals surface area (Å²) in [6.45, 7) is 5.06. The maximum Gasteiger partial charge on any atom is 0.251 e. The molecule has 1 N–H and O–H groups in total. The Morgan fingerprint density at radius 3 is 2.69 bits per heavy atom. The molecule has 1 aromatic heterocycles. The molecule has 2 heterocycles. The van der Waals surface area contributed by atoms with E-state index in [4.69, 9.17) is 9.47 Å². The lowest BCUT2D eigenvalue weighted by molar-refractivity contribution is -0.120. The third kappa shape index (κ3) is 4.08. The highest BCUT2D eigenvalue weighted by Gasteiger charge is 2.21. The Hall–Kier alpha value is -2.97. The van der Waals surface area contributed by atoms with E-state index in [9.17, 15) is 9.18 Å². The largest absolute Gasteiger partial charge is 0.378 e. The lowest BCUT2D eigenvalue weighted by Gasteiger charge is -2.29. The predicted molar refractivity (Wildman–Crippen MR) is 109 cm³/mol. The molecule has 8 heteroatoms. The minimum Gasteiger partial charge on any atom is -0.378 e. The smallest absolute Gasteiger partial charge is 0.251 e. The number of anilines is 2. The molecule has 1 fully saturated rings. The molecule has 0 saturated carbocycles. The Kier molecular flexibility index (Phi) is 5.73. The molecule has 29 heavy (non-hydrogen) atoms. The third-order valence-corrected chi connectivity index (χ3v) is 4.80. The highest BCUT2D eigenvalue weighted by atomic mass is 19.1. The van der Waals surface area contributed by atoms with E-state index in [1.807, 2.05) is 25.1 Å². The Labute approximate surface area is 168 Å². The molecule has 0 bridgehead atoms. The standard InChI is InChI=1S/C21H23FN4O3/c1-2-28-14-19(27)23-21-20-17(25-10-12-29-13-11-25)4-3-5-18(20)26(24-21)16-8-6-15(22)7-9-16/h3-9H,2,10-14H2,1H3,(H,23,24,27). The normalized spacial score (nSPS) is 14.3. The van der Waals surface area contributed by atoms with E-state index in [1.54, 1.807) is 16.8 Å². The molecule has 1 saturated heterocycles. The molecule has 1 amide bonds. The Balaban J connectivity index is 1.82. The second-order valence-electron chi connectivity index (χ2n) is 6.69. The number of morpholine rings is 1. The second-order valence-corrected chi connectivity index (χ2v) is 6.69. The second kappa shape index (κ2) is 8.59. The summed E-state index contributed by atoms with van der Waals surface area (Å²) < 4.78 is 25.8. The first-order chi connectivity index (χ1) is 14.2. The molecule has 1 aliphatic rings. The number of hydrogen-bond acceptors (Lipinski definition) is 5. The van der Waals surface area contributed by atoms with Crippen molar-refractivity contribution in [3.05, 3.63) is 48.3 Å². The molecule has 152 valence electrons. The Bertz CT molecular complexity index is 997. The first-order valence-corrected chi connectivity index (χ1v) is 9.65. The minimum absolute atomic E-state index is 0.0406. The lowest BCUT2D eigenvalue weighted by Crippen LogP contribution is -2.36. The number of nitrogens with zero attached hydrogens (tertiary/aromatic N) is 3. The van der Waals surface area contributed by atoms with Crippen molar-refractivity contribution >= 4 is 28.3 Å². The van der Waals surface area contributed by atoms with Gasteiger partial charge in [-0.2, -0.15) is 0 Å². The van der Waals surface area contributed by atoms with E-state index >= 15 is 0 Å². The van der Waals surface area contributed by atoms with E-state index < -0.39 is 0 Å². The molecule has 0 spiro atoms. The molecule has 3 aromatic rings. The molecule has 1 aliphatic heterocycles. The number of carbonyl (C=O) groups is 1. The maximum atomic E-state index is 13.4. The Morgan fingerprint density at radius 2 is 1.97 bits per heavy atom. The van der Waals surface area contributed by atoms with Crippen LogP contribution in [0.25, 0.3) is 16.6 Å². The molecule has 2 aromatic carbocycles. The van der Waals surface area contributed by atoms with E-state index in [0.717, 1.165) is 29.7 Å². The number of fused-ring (bicyclic) bond motifs is 1. The van der Waals surface area contributed by atoms with Crippen molar-refractivity contribution in [3.63, 3.8) is 0 Å². The quantitative estimate of drug-likeness (QED) is 0.691. The van der Waals surface area contributed by atoms with Crippen LogP contribution in [0.15, 0.2) is 42.5 Å². The van der Waals surface area contributed by atoms with Crippen LogP contribution in [0.3, 0.4) is 0 Å². The zero-order chi connectivity index (χ0) is 20.2. The van der Waals surface area contributed by atoms with Crippen molar-refractivity contribution in [1.82, 2.24) is 9.78 Å². The number of rotatable bonds is 6. The number of carbonyl (C=O) groups excluding carboxylic acids is 1. The van der Waals surface area contributed by atoms with Crippen LogP contribution in [-0.4, -0.2) is 55.2 Å². The summed E-state index contributed by atoms with van der Waals surface area (Å²) in [7, 11) is 0. The third-order valence-electron chi connectivity index (χ3n) is 4.80. The van der Waals surface area contributed by atoms with Crippen LogP contribution in [0.2, 0.25) is 0 Å². The molecule has 0 radical (unpaired) electrons. The summed E-state index contributed by atoms with van der Waals surface area (Å²) in [5.74, 6) is -0.130. The van der Waals surface area contributed by atoms with Crippen LogP contribution in [0, 0.1) is 5.82 Å². The SMILES string of the molecule is CCOCC(=O)Nc1nn(-c2ccc(F)cc2)c2cccc(N3CCOCC3)c12. The minimum atomic E-state index is -0.315. The zero-order valence-corrected chi connectivity index (χ0v) is 16.2. The summed E-state index contributed by atoms with van der Waals surface area (Å²) >= 11 is 0. The van der Waals surface area contributed by atoms with Crippen LogP contribution < -0.4 is 10.2 Å². The van der Waals surface area contributed by atoms with Crippen molar-refractivity contribution in [3.8, 4) is 5.69 Å². The van der Waals surface area contributed by atoms with Crippen LogP contribution in [0.5, 0.6) is 0 Å². The van der Waals surface area contributed by atoms with Crippen molar-refractivity contribution in [2.24, 2.45) is 0 Å². The molecular weight excluding hydrogens is 375 g/mol. The van der Waals surface area contributed by atoms with E-state index in [0.29, 0.717) is 31.3 Å². The zero-order valence-electron chi connectivity index (χ0n) is 16.2. The summed E-state index contributed by atoms with van der Waals surface area (Å²) in [6.07, 6.45) is 0. The van der Waals surface area contributed by atoms with Crippen molar-refractivity contribution < 1.29 is 18.7 Å². The van der Waals surface area contributed by atoms with Crippen LogP contribution in [0.4, 0.5) is 15.9 Å². The summed E-state index contributed by atoms with van der Waals surface area (Å²) in [5, 5.41) is 8.35. The fourth-order valence-electron chi connectivity index (χ4n) is 3.45. The summed E-state index contributed by atoms with van der Waals surface area (Å²) in [6, 6.07) is 12.0. The van der Waals surface area contributed by atoms with E-state index in [2.05, 4.69) is 15.3 Å². The van der Waals surface area contributed by atoms with Gasteiger partial charge in [0.2, 0.25) is 0 Å². The van der Waals surface area contributed by atoms with Gasteiger partial charge >= 0.3 is 0 Å². The van der Waals surface area contributed by atoms with Gasteiger partial charge in [-0.1, -0.05) is 6.07 Å². The summed E-state index contributed by atoms with van der Waals surface area (Å²) in [4.78, 5) is 14.5. The fraction of sp³-hybridized carbons (Fsp3) is 0.333. The lowest BCUT2D eigenvalue weighted by atomic mass is 10.1. The number of amides is 1. The first-order valence-electron chi connectivity index (χ1n) is 9.65. The van der Waals surface area contributed by atoms with Gasteiger partial charge in [0.1, 0.15) is 12.4 Å². The van der Waals surface area contributed by atoms with Crippen LogP contribution in [0.1, 0.15) is 6.92 Å². The van der Waals surface area contributed by atoms with Gasteiger partial charge in [-0.3, -0.25) is 4.79 Å². The number of benzene rings is 2. The van der Waals surface area contributed by atoms with Gasteiger partial charge in [-0.05, 0) is 43.3 Å². The number of nitrogens with one attached hydrogen (secondary N) is 1. The van der Waals surface area contributed by atoms with Gasteiger partial charge in [0, 0.05) is 19.7 Å². The molecule has 0 atom stereocenters. The highest BCUT2D eigenvalue weighted by molar-refractivity contribution is 6.06. The molecule has 0 aliphatic carbocycles. The van der Waals surface area contributed by atoms with Gasteiger partial charge < -0.3 is 19.7 Å². The van der Waals surface area contributed by atoms with Gasteiger partial charge in [0.15, 0.2) is 5.82 Å². The van der Waals surface area contributed by atoms with Crippen molar-refractivity contribution in [1.29, 1.82) is 0 Å². The van der Waals surface area contributed by atoms with Gasteiger partial charge in [-0.15, -0.1) is 5.10 Å². The fourth-order valence-corrected chi connectivity index (χ4v) is 3.45. The highest BCUT2D eigenvalue weighted by Crippen LogP contribution is 2.35. The number of halogens is 1. The molecular formula is C21H23FN4O3. The van der Waals surface area contributed by atoms with Crippen molar-refractivity contribution in [2.45, 2.75) is 6.92 Å². The van der Waals surface area contributed by atoms with Gasteiger partial charge in [0.25, 0.3) is 5.91 Å². The number of aromatic nitrogens is 2. The predicted octanol–water partition coefficient (Wildman–Crippen LogP) is 2.98. The summed E-state index contributed by atoms with van der Waals surface area (Å²) in [5.41, 5.74) is 2.51. The Morgan fingerprint density at radius 1 is 1.21 bits per heavy atom. The number of ether oxygens (including phenoxy) is 2. The average molecular weight is 398 g/mol. The first kappa shape index (κ1) is 19.4. The van der Waals surface area contributed by atoms with E-state index in [-0.39, 0.29) is 18.3 Å². The monoisotopic (exact) mass is 398 g/mol. The topological polar surface area (TPSA) is 68.6 Å². The van der Waals surface area contributed by atoms with Crippen LogP contribution >= 0.6 is 0 Å². The van der Waals surface area contributed by atoms with E-state index in [1.165, 1.54) is 12.1 Å². The molecule has 4 rings (SSSR count). The van der Waals surface area contributed by atoms with Crippen molar-refractivity contribution in [2.75, 3.05) is 49.7 Å². The molecule has 0 unspecified atom stereocenters. The maximum absolute atomic E-state index is 13.4. The van der Waals surface area contributed by atoms with Crippen LogP contribution in [-0.2, 0) is 14.3 Å². The number of hydrogen-bond donors (Lipinski definition) is 1. The van der Waals surface area contributed by atoms with Gasteiger partial charge in [0.05, 0.1) is 35.5 Å². The average Bonchev–Trinajstić information content (AvgIpc) is 3.12. The van der Waals surface area contributed by atoms with Gasteiger partial charge in [-0.25, -0.2) is 9.07 Å².